The Labute approximate surface area is 122 Å². The van der Waals surface area contributed by atoms with Crippen molar-refractivity contribution in [2.24, 2.45) is 0 Å². The van der Waals surface area contributed by atoms with Crippen LogP contribution in [0, 0.1) is 11.6 Å². The monoisotopic (exact) mass is 305 g/mol. The van der Waals surface area contributed by atoms with Gasteiger partial charge in [0, 0.05) is 11.8 Å². The molecule has 6 nitrogen and oxygen atoms in total. The fraction of sp³-hybridized carbons (Fsp3) is 0.0714. The quantitative estimate of drug-likeness (QED) is 0.804. The van der Waals surface area contributed by atoms with Gasteiger partial charge in [-0.05, 0) is 24.3 Å². The van der Waals surface area contributed by atoms with E-state index in [2.05, 4.69) is 14.8 Å². The van der Waals surface area contributed by atoms with Crippen LogP contribution < -0.4 is 4.74 Å². The maximum absolute atomic E-state index is 13.9. The molecule has 112 valence electrons. The number of fused-ring (bicyclic) bond motifs is 1. The second-order valence-electron chi connectivity index (χ2n) is 4.38. The van der Waals surface area contributed by atoms with Crippen molar-refractivity contribution in [1.82, 2.24) is 14.6 Å². The molecule has 3 aromatic rings. The molecule has 0 aliphatic heterocycles. The molecular formula is C14H9F2N3O3. The number of rotatable bonds is 3. The third-order valence-electron chi connectivity index (χ3n) is 3.07. The molecule has 0 amide bonds. The molecular weight excluding hydrogens is 296 g/mol. The summed E-state index contributed by atoms with van der Waals surface area (Å²) in [6.45, 7) is 0. The average molecular weight is 305 g/mol. The molecule has 3 rings (SSSR count). The molecule has 0 spiro atoms. The van der Waals surface area contributed by atoms with Crippen LogP contribution in [-0.4, -0.2) is 32.8 Å². The molecule has 0 aliphatic rings. The lowest BCUT2D eigenvalue weighted by Gasteiger charge is -2.07. The highest BCUT2D eigenvalue weighted by atomic mass is 19.1. The highest BCUT2D eigenvalue weighted by molar-refractivity contribution is 5.94. The Morgan fingerprint density at radius 2 is 2.00 bits per heavy atom. The van der Waals surface area contributed by atoms with Crippen LogP contribution >= 0.6 is 0 Å². The van der Waals surface area contributed by atoms with Crippen LogP contribution in [0.5, 0.6) is 5.75 Å². The van der Waals surface area contributed by atoms with Gasteiger partial charge in [-0.3, -0.25) is 0 Å². The highest BCUT2D eigenvalue weighted by Gasteiger charge is 2.23. The van der Waals surface area contributed by atoms with Crippen molar-refractivity contribution >= 4 is 11.6 Å². The summed E-state index contributed by atoms with van der Waals surface area (Å²) in [6, 6.07) is 5.07. The van der Waals surface area contributed by atoms with Gasteiger partial charge in [0.15, 0.2) is 28.7 Å². The van der Waals surface area contributed by atoms with Crippen molar-refractivity contribution in [3.05, 3.63) is 47.8 Å². The molecule has 22 heavy (non-hydrogen) atoms. The molecule has 0 atom stereocenters. The van der Waals surface area contributed by atoms with E-state index in [0.29, 0.717) is 0 Å². The molecule has 2 aromatic heterocycles. The zero-order chi connectivity index (χ0) is 15.9. The summed E-state index contributed by atoms with van der Waals surface area (Å²) in [5.74, 6) is -3.75. The van der Waals surface area contributed by atoms with Gasteiger partial charge in [0.05, 0.1) is 7.11 Å². The number of hydrogen-bond acceptors (Lipinski definition) is 4. The van der Waals surface area contributed by atoms with Crippen molar-refractivity contribution in [3.8, 4) is 17.0 Å². The summed E-state index contributed by atoms with van der Waals surface area (Å²) in [5.41, 5.74) is -0.0999. The smallest absolute Gasteiger partial charge is 0.356 e. The Hall–Kier alpha value is -3.03. The van der Waals surface area contributed by atoms with E-state index in [4.69, 9.17) is 0 Å². The van der Waals surface area contributed by atoms with Crippen LogP contribution in [0.1, 0.15) is 10.5 Å². The molecule has 8 heteroatoms. The van der Waals surface area contributed by atoms with Crippen LogP contribution in [0.15, 0.2) is 30.5 Å². The highest BCUT2D eigenvalue weighted by Crippen LogP contribution is 2.31. The Morgan fingerprint density at radius 1 is 1.32 bits per heavy atom. The maximum Gasteiger partial charge on any atom is 0.356 e. The van der Waals surface area contributed by atoms with Gasteiger partial charge in [-0.1, -0.05) is 0 Å². The van der Waals surface area contributed by atoms with Crippen molar-refractivity contribution < 1.29 is 23.4 Å². The van der Waals surface area contributed by atoms with Crippen LogP contribution in [0.25, 0.3) is 16.9 Å². The molecule has 0 bridgehead atoms. The van der Waals surface area contributed by atoms with Gasteiger partial charge >= 0.3 is 5.97 Å². The number of imidazole rings is 1. The minimum absolute atomic E-state index is 0.000556. The van der Waals surface area contributed by atoms with Gasteiger partial charge in [-0.15, -0.1) is 0 Å². The molecule has 0 unspecified atom stereocenters. The lowest BCUT2D eigenvalue weighted by molar-refractivity contribution is 0.0692. The largest absolute Gasteiger partial charge is 0.491 e. The first kappa shape index (κ1) is 13.9. The number of carbonyl (C=O) groups is 1. The molecule has 2 heterocycles. The van der Waals surface area contributed by atoms with Gasteiger partial charge in [-0.25, -0.2) is 23.1 Å². The van der Waals surface area contributed by atoms with Gasteiger partial charge in [0.1, 0.15) is 5.69 Å². The van der Waals surface area contributed by atoms with Crippen molar-refractivity contribution in [2.75, 3.05) is 7.11 Å². The SMILES string of the molecule is COc1c(F)cc(-c2c(C(=O)O)nc3cccnn23)cc1F. The number of aromatic nitrogens is 3. The second kappa shape index (κ2) is 5.06. The number of carboxylic acid groups (broad SMARTS) is 1. The van der Waals surface area contributed by atoms with E-state index in [1.807, 2.05) is 0 Å². The van der Waals surface area contributed by atoms with Crippen LogP contribution in [-0.2, 0) is 0 Å². The van der Waals surface area contributed by atoms with Crippen molar-refractivity contribution in [3.63, 3.8) is 0 Å². The van der Waals surface area contributed by atoms with Gasteiger partial charge in [0.25, 0.3) is 0 Å². The maximum atomic E-state index is 13.9. The van der Waals surface area contributed by atoms with Crippen molar-refractivity contribution in [2.45, 2.75) is 0 Å². The summed E-state index contributed by atoms with van der Waals surface area (Å²) in [7, 11) is 1.14. The van der Waals surface area contributed by atoms with E-state index in [9.17, 15) is 18.7 Å². The number of aromatic carboxylic acids is 1. The van der Waals surface area contributed by atoms with Gasteiger partial charge in [0.2, 0.25) is 0 Å². The minimum atomic E-state index is -1.32. The third-order valence-corrected chi connectivity index (χ3v) is 3.07. The summed E-state index contributed by atoms with van der Waals surface area (Å²) >= 11 is 0. The molecule has 0 fully saturated rings. The Balaban J connectivity index is 2.34. The predicted molar refractivity (Wildman–Crippen MR) is 71.9 cm³/mol. The summed E-state index contributed by atoms with van der Waals surface area (Å²) in [6.07, 6.45) is 1.42. The number of carboxylic acids is 1. The number of halogens is 2. The van der Waals surface area contributed by atoms with Gasteiger partial charge in [-0.2, -0.15) is 5.10 Å². The van der Waals surface area contributed by atoms with Crippen LogP contribution in [0.4, 0.5) is 8.78 Å². The van der Waals surface area contributed by atoms with E-state index in [1.165, 1.54) is 10.7 Å². The summed E-state index contributed by atoms with van der Waals surface area (Å²) < 4.78 is 33.6. The normalized spacial score (nSPS) is 10.9. The van der Waals surface area contributed by atoms with Gasteiger partial charge < -0.3 is 9.84 Å². The molecule has 0 aliphatic carbocycles. The first-order valence-electron chi connectivity index (χ1n) is 6.13. The topological polar surface area (TPSA) is 76.7 Å². The average Bonchev–Trinajstić information content (AvgIpc) is 2.86. The molecule has 0 radical (unpaired) electrons. The van der Waals surface area contributed by atoms with Crippen LogP contribution in [0.2, 0.25) is 0 Å². The zero-order valence-corrected chi connectivity index (χ0v) is 11.2. The minimum Gasteiger partial charge on any atom is -0.491 e. The zero-order valence-electron chi connectivity index (χ0n) is 11.2. The lowest BCUT2D eigenvalue weighted by atomic mass is 10.1. The Morgan fingerprint density at radius 3 is 2.59 bits per heavy atom. The second-order valence-corrected chi connectivity index (χ2v) is 4.38. The molecule has 1 aromatic carbocycles. The van der Waals surface area contributed by atoms with Crippen molar-refractivity contribution in [1.29, 1.82) is 0 Å². The Kier molecular flexibility index (Phi) is 3.21. The van der Waals surface area contributed by atoms with E-state index >= 15 is 0 Å². The molecule has 1 N–H and O–H groups in total. The fourth-order valence-electron chi connectivity index (χ4n) is 2.19. The number of hydrogen-bond donors (Lipinski definition) is 1. The standard InChI is InChI=1S/C14H9F2N3O3/c1-22-13-8(15)5-7(6-9(13)16)12-11(14(20)21)18-10-3-2-4-17-19(10)12/h2-6H,1H3,(H,20,21). The number of methoxy groups -OCH3 is 1. The predicted octanol–water partition coefficient (Wildman–Crippen LogP) is 2.38. The lowest BCUT2D eigenvalue weighted by Crippen LogP contribution is -2.02. The molecule has 0 saturated carbocycles. The summed E-state index contributed by atoms with van der Waals surface area (Å²) in [4.78, 5) is 15.3. The van der Waals surface area contributed by atoms with E-state index in [-0.39, 0.29) is 22.6 Å². The third kappa shape index (κ3) is 2.05. The Bertz CT molecular complexity index is 869. The van der Waals surface area contributed by atoms with E-state index in [0.717, 1.165) is 19.2 Å². The molecule has 0 saturated heterocycles. The fourth-order valence-corrected chi connectivity index (χ4v) is 2.19. The number of benzene rings is 1. The number of nitrogens with zero attached hydrogens (tertiary/aromatic N) is 3. The van der Waals surface area contributed by atoms with E-state index in [1.54, 1.807) is 12.1 Å². The first-order valence-corrected chi connectivity index (χ1v) is 6.13. The number of ether oxygens (including phenoxy) is 1. The van der Waals surface area contributed by atoms with Crippen LogP contribution in [0.3, 0.4) is 0 Å². The van der Waals surface area contributed by atoms with E-state index < -0.39 is 23.4 Å². The first-order chi connectivity index (χ1) is 10.5. The summed E-state index contributed by atoms with van der Waals surface area (Å²) in [5, 5.41) is 13.2.